The van der Waals surface area contributed by atoms with Crippen molar-refractivity contribution in [2.75, 3.05) is 6.26 Å². The molecule has 0 aromatic rings. The minimum Gasteiger partial charge on any atom is -0.549 e. The van der Waals surface area contributed by atoms with Gasteiger partial charge in [0.15, 0.2) is 0 Å². The second-order valence-corrected chi connectivity index (χ2v) is 7.34. The number of carboxylic acids is 1. The van der Waals surface area contributed by atoms with Gasteiger partial charge in [0, 0.05) is 5.41 Å². The van der Waals surface area contributed by atoms with Crippen molar-refractivity contribution < 1.29 is 39.5 Å². The van der Waals surface area contributed by atoms with E-state index in [1.54, 1.807) is 24.2 Å². The quantitative estimate of drug-likeness (QED) is 0.381. The Kier molecular flexibility index (Phi) is 9.39. The molecule has 0 heterocycles. The molecule has 0 fully saturated rings. The molecule has 26 heavy (non-hydrogen) atoms. The van der Waals surface area contributed by atoms with Crippen molar-refractivity contribution in [3.63, 3.8) is 0 Å². The third-order valence-corrected chi connectivity index (χ3v) is 5.58. The van der Waals surface area contributed by atoms with Crippen LogP contribution in [0.1, 0.15) is 46.0 Å². The molecule has 2 aliphatic rings. The molecule has 0 radical (unpaired) electrons. The molecule has 0 saturated heterocycles. The molecule has 0 N–H and O–H groups in total. The van der Waals surface area contributed by atoms with Crippen molar-refractivity contribution >= 4 is 23.3 Å². The monoisotopic (exact) mass is 379 g/mol. The fourth-order valence-electron chi connectivity index (χ4n) is 3.21. The van der Waals surface area contributed by atoms with Gasteiger partial charge < -0.3 is 9.90 Å². The summed E-state index contributed by atoms with van der Waals surface area (Å²) in [5.41, 5.74) is 6.55. The van der Waals surface area contributed by atoms with E-state index in [0.29, 0.717) is 6.42 Å². The first-order chi connectivity index (χ1) is 11.9. The Hall–Kier alpha value is -0.810. The van der Waals surface area contributed by atoms with Crippen LogP contribution in [-0.2, 0) is 4.79 Å². The van der Waals surface area contributed by atoms with Crippen molar-refractivity contribution in [1.29, 1.82) is 0 Å². The zero-order valence-corrected chi connectivity index (χ0v) is 19.1. The Morgan fingerprint density at radius 2 is 1.85 bits per heavy atom. The molecule has 134 valence electrons. The van der Waals surface area contributed by atoms with Crippen LogP contribution in [0.25, 0.3) is 0 Å². The number of carbonyl (C=O) groups is 1. The molecule has 1 unspecified atom stereocenters. The minimum atomic E-state index is -0.980. The summed E-state index contributed by atoms with van der Waals surface area (Å²) in [6.45, 7) is 7.69. The van der Waals surface area contributed by atoms with Crippen LogP contribution in [-0.4, -0.2) is 17.8 Å². The average molecular weight is 380 g/mol. The molecule has 0 spiro atoms. The molecule has 0 amide bonds. The first-order valence-electron chi connectivity index (χ1n) is 8.68. The molecule has 0 aliphatic heterocycles. The number of aliphatic imine (C=N–C) groups is 1. The maximum atomic E-state index is 11.5. The number of carboxylic acid groups (broad SMARTS) is 1. The number of hydrogen-bond acceptors (Lipinski definition) is 4. The van der Waals surface area contributed by atoms with E-state index < -0.39 is 11.4 Å². The fourth-order valence-corrected chi connectivity index (χ4v) is 3.44. The third kappa shape index (κ3) is 5.35. The summed E-state index contributed by atoms with van der Waals surface area (Å²) in [7, 11) is 0. The van der Waals surface area contributed by atoms with Crippen LogP contribution in [0.5, 0.6) is 0 Å². The van der Waals surface area contributed by atoms with Gasteiger partial charge in [0.2, 0.25) is 0 Å². The number of carbonyl (C=O) groups excluding carboxylic acids is 1. The molecule has 5 heteroatoms. The summed E-state index contributed by atoms with van der Waals surface area (Å²) in [6, 6.07) is 0. The van der Waals surface area contributed by atoms with Crippen LogP contribution in [0.15, 0.2) is 63.9 Å². The van der Waals surface area contributed by atoms with Crippen molar-refractivity contribution in [1.82, 2.24) is 0 Å². The normalized spacial score (nSPS) is 19.5. The van der Waals surface area contributed by atoms with Crippen LogP contribution < -0.4 is 34.7 Å². The molecule has 0 saturated carbocycles. The summed E-state index contributed by atoms with van der Waals surface area (Å²) in [4.78, 5) is 15.8. The summed E-state index contributed by atoms with van der Waals surface area (Å²) in [5, 5.41) is 11.5. The van der Waals surface area contributed by atoms with Crippen LogP contribution >= 0.6 is 11.8 Å². The Morgan fingerprint density at radius 1 is 1.23 bits per heavy atom. The van der Waals surface area contributed by atoms with E-state index in [9.17, 15) is 9.90 Å². The molecule has 0 aromatic carbocycles. The SMILES string of the molecule is C=C(N=CSC)C1=CC=C(C2=CC=C(C(C)(CC)C(=O)[O-])CC2)CC1.[Na+]. The van der Waals surface area contributed by atoms with Gasteiger partial charge in [-0.3, -0.25) is 4.99 Å². The average Bonchev–Trinajstić information content (AvgIpc) is 2.65. The summed E-state index contributed by atoms with van der Waals surface area (Å²) in [5.74, 6) is -0.980. The van der Waals surface area contributed by atoms with E-state index in [0.717, 1.165) is 37.0 Å². The van der Waals surface area contributed by atoms with E-state index in [2.05, 4.69) is 29.8 Å². The molecule has 0 bridgehead atoms. The van der Waals surface area contributed by atoms with Gasteiger partial charge in [-0.2, -0.15) is 0 Å². The molecular formula is C21H26NNaO2S. The zero-order chi connectivity index (χ0) is 18.4. The van der Waals surface area contributed by atoms with Gasteiger partial charge in [-0.15, -0.1) is 11.8 Å². The van der Waals surface area contributed by atoms with Crippen LogP contribution in [0, 0.1) is 5.41 Å². The Balaban J connectivity index is 0.00000338. The van der Waals surface area contributed by atoms with E-state index in [1.165, 1.54) is 16.7 Å². The van der Waals surface area contributed by atoms with Crippen LogP contribution in [0.4, 0.5) is 0 Å². The van der Waals surface area contributed by atoms with Crippen molar-refractivity contribution in [2.45, 2.75) is 46.0 Å². The maximum absolute atomic E-state index is 11.5. The molecule has 3 nitrogen and oxygen atoms in total. The van der Waals surface area contributed by atoms with Gasteiger partial charge in [0.1, 0.15) is 0 Å². The molecule has 1 atom stereocenters. The van der Waals surface area contributed by atoms with Gasteiger partial charge in [-0.05, 0) is 55.1 Å². The fraction of sp³-hybridized carbons (Fsp3) is 0.429. The molecular weight excluding hydrogens is 353 g/mol. The topological polar surface area (TPSA) is 52.5 Å². The van der Waals surface area contributed by atoms with Crippen molar-refractivity contribution in [3.05, 3.63) is 58.9 Å². The number of hydrogen-bond donors (Lipinski definition) is 0. The number of thioether (sulfide) groups is 1. The number of aliphatic carboxylic acids is 1. The molecule has 0 aromatic heterocycles. The first-order valence-corrected chi connectivity index (χ1v) is 9.97. The maximum Gasteiger partial charge on any atom is 1.00 e. The van der Waals surface area contributed by atoms with Gasteiger partial charge in [0.25, 0.3) is 0 Å². The first kappa shape index (κ1) is 23.2. The van der Waals surface area contributed by atoms with Gasteiger partial charge >= 0.3 is 29.6 Å². The Morgan fingerprint density at radius 3 is 2.27 bits per heavy atom. The number of nitrogens with zero attached hydrogens (tertiary/aromatic N) is 1. The summed E-state index contributed by atoms with van der Waals surface area (Å²) < 4.78 is 0. The van der Waals surface area contributed by atoms with Gasteiger partial charge in [-0.25, -0.2) is 0 Å². The van der Waals surface area contributed by atoms with Crippen LogP contribution in [0.3, 0.4) is 0 Å². The van der Waals surface area contributed by atoms with E-state index in [-0.39, 0.29) is 29.6 Å². The third-order valence-electron chi connectivity index (χ3n) is 5.26. The second kappa shape index (κ2) is 10.5. The Labute approximate surface area is 183 Å². The van der Waals surface area contributed by atoms with E-state index >= 15 is 0 Å². The van der Waals surface area contributed by atoms with E-state index in [4.69, 9.17) is 0 Å². The van der Waals surface area contributed by atoms with Crippen molar-refractivity contribution in [3.8, 4) is 0 Å². The summed E-state index contributed by atoms with van der Waals surface area (Å²) in [6.07, 6.45) is 14.4. The van der Waals surface area contributed by atoms with Crippen molar-refractivity contribution in [2.24, 2.45) is 10.4 Å². The predicted octanol–water partition coefficient (Wildman–Crippen LogP) is 1.35. The number of rotatable bonds is 7. The smallest absolute Gasteiger partial charge is 0.549 e. The van der Waals surface area contributed by atoms with Gasteiger partial charge in [0.05, 0.1) is 17.2 Å². The van der Waals surface area contributed by atoms with Gasteiger partial charge in [-0.1, -0.05) is 50.3 Å². The Bertz CT molecular complexity index is 716. The molecule has 2 aliphatic carbocycles. The van der Waals surface area contributed by atoms with Crippen LogP contribution in [0.2, 0.25) is 0 Å². The second-order valence-electron chi connectivity index (χ2n) is 6.66. The predicted molar refractivity (Wildman–Crippen MR) is 105 cm³/mol. The molecule has 2 rings (SSSR count). The summed E-state index contributed by atoms with van der Waals surface area (Å²) >= 11 is 1.57. The van der Waals surface area contributed by atoms with E-state index in [1.807, 2.05) is 19.3 Å². The largest absolute Gasteiger partial charge is 1.00 e. The number of allylic oxidation sites excluding steroid dienone is 7. The minimum absolute atomic E-state index is 0. The standard InChI is InChI=1S/C21H27NO2S.Na/c1-5-21(3,20(23)24)19-12-10-18(11-13-19)17-8-6-16(7-9-17)15(2)22-14-25-4;/h6,8,10,12,14H,2,5,7,9,11,13H2,1,3-4H3,(H,23,24);/q;+1/p-1. The zero-order valence-electron chi connectivity index (χ0n) is 16.3.